The van der Waals surface area contributed by atoms with E-state index in [0.717, 1.165) is 21.0 Å². The van der Waals surface area contributed by atoms with Crippen LogP contribution in [0.4, 0.5) is 5.69 Å². The summed E-state index contributed by atoms with van der Waals surface area (Å²) >= 11 is 5.17. The van der Waals surface area contributed by atoms with Crippen LogP contribution in [0.2, 0.25) is 0 Å². The van der Waals surface area contributed by atoms with Crippen LogP contribution in [-0.4, -0.2) is 16.8 Å². The Labute approximate surface area is 119 Å². The number of carbonyl (C=O) groups is 1. The first-order chi connectivity index (χ1) is 8.58. The van der Waals surface area contributed by atoms with Gasteiger partial charge in [-0.25, -0.2) is 4.79 Å². The summed E-state index contributed by atoms with van der Waals surface area (Å²) in [4.78, 5) is 12.0. The quantitative estimate of drug-likeness (QED) is 0.647. The standard InChI is InChI=1S/C13H16BrNO2S/c14-10-6-11(15)9(13(16)17)5-12(10)18-7-8-3-1-2-4-8/h5-6,8H,1-4,7,15H2,(H,16,17). The van der Waals surface area contributed by atoms with Gasteiger partial charge in [-0.1, -0.05) is 12.8 Å². The molecule has 0 aromatic heterocycles. The van der Waals surface area contributed by atoms with Crippen LogP contribution in [0.25, 0.3) is 0 Å². The number of hydrogen-bond donors (Lipinski definition) is 2. The SMILES string of the molecule is Nc1cc(Br)c(SCC2CCCC2)cc1C(=O)O. The van der Waals surface area contributed by atoms with E-state index < -0.39 is 5.97 Å². The zero-order valence-electron chi connectivity index (χ0n) is 9.99. The molecule has 98 valence electrons. The number of aromatic carboxylic acids is 1. The Balaban J connectivity index is 2.11. The lowest BCUT2D eigenvalue weighted by atomic mass is 10.1. The minimum atomic E-state index is -0.970. The van der Waals surface area contributed by atoms with Gasteiger partial charge in [-0.2, -0.15) is 0 Å². The summed E-state index contributed by atoms with van der Waals surface area (Å²) in [5.41, 5.74) is 6.18. The van der Waals surface area contributed by atoms with Crippen molar-refractivity contribution in [3.05, 3.63) is 22.2 Å². The minimum absolute atomic E-state index is 0.187. The van der Waals surface area contributed by atoms with Gasteiger partial charge in [-0.15, -0.1) is 11.8 Å². The molecule has 0 radical (unpaired) electrons. The number of hydrogen-bond acceptors (Lipinski definition) is 3. The number of halogens is 1. The Morgan fingerprint density at radius 1 is 1.44 bits per heavy atom. The molecule has 1 saturated carbocycles. The maximum absolute atomic E-state index is 11.0. The molecule has 0 heterocycles. The van der Waals surface area contributed by atoms with Gasteiger partial charge in [0.2, 0.25) is 0 Å². The minimum Gasteiger partial charge on any atom is -0.478 e. The first-order valence-corrected chi connectivity index (χ1v) is 7.81. The van der Waals surface area contributed by atoms with E-state index in [0.29, 0.717) is 5.69 Å². The fraction of sp³-hybridized carbons (Fsp3) is 0.462. The molecule has 3 N–H and O–H groups in total. The van der Waals surface area contributed by atoms with Gasteiger partial charge in [-0.05, 0) is 46.8 Å². The molecule has 0 atom stereocenters. The highest BCUT2D eigenvalue weighted by Crippen LogP contribution is 2.36. The molecule has 5 heteroatoms. The molecule has 1 aliphatic carbocycles. The highest BCUT2D eigenvalue weighted by Gasteiger charge is 2.17. The molecule has 2 rings (SSSR count). The van der Waals surface area contributed by atoms with Crippen molar-refractivity contribution >= 4 is 39.3 Å². The van der Waals surface area contributed by atoms with Crippen LogP contribution in [-0.2, 0) is 0 Å². The van der Waals surface area contributed by atoms with Crippen molar-refractivity contribution in [2.45, 2.75) is 30.6 Å². The summed E-state index contributed by atoms with van der Waals surface area (Å²) in [6, 6.07) is 3.35. The molecular weight excluding hydrogens is 314 g/mol. The van der Waals surface area contributed by atoms with Crippen molar-refractivity contribution in [2.75, 3.05) is 11.5 Å². The van der Waals surface area contributed by atoms with Crippen LogP contribution in [0, 0.1) is 5.92 Å². The molecule has 1 fully saturated rings. The number of carboxylic acids is 1. The van der Waals surface area contributed by atoms with Crippen molar-refractivity contribution in [1.29, 1.82) is 0 Å². The summed E-state index contributed by atoms with van der Waals surface area (Å²) in [5.74, 6) is 0.858. The van der Waals surface area contributed by atoms with Crippen LogP contribution in [0.3, 0.4) is 0 Å². The van der Waals surface area contributed by atoms with E-state index in [9.17, 15) is 4.79 Å². The highest BCUT2D eigenvalue weighted by atomic mass is 79.9. The van der Waals surface area contributed by atoms with Crippen molar-refractivity contribution in [3.8, 4) is 0 Å². The summed E-state index contributed by atoms with van der Waals surface area (Å²) in [7, 11) is 0. The molecule has 0 amide bonds. The Bertz CT molecular complexity index is 459. The van der Waals surface area contributed by atoms with Gasteiger partial charge in [0.05, 0.1) is 5.56 Å². The van der Waals surface area contributed by atoms with E-state index in [1.165, 1.54) is 25.7 Å². The van der Waals surface area contributed by atoms with Crippen LogP contribution in [0.15, 0.2) is 21.5 Å². The van der Waals surface area contributed by atoms with E-state index in [2.05, 4.69) is 15.9 Å². The van der Waals surface area contributed by atoms with Crippen LogP contribution in [0.1, 0.15) is 36.0 Å². The molecule has 0 aliphatic heterocycles. The van der Waals surface area contributed by atoms with Gasteiger partial charge in [0.25, 0.3) is 0 Å². The second kappa shape index (κ2) is 5.97. The predicted octanol–water partition coefficient (Wildman–Crippen LogP) is 4.01. The van der Waals surface area contributed by atoms with E-state index >= 15 is 0 Å². The highest BCUT2D eigenvalue weighted by molar-refractivity contribution is 9.10. The normalized spacial score (nSPS) is 16.1. The van der Waals surface area contributed by atoms with Crippen LogP contribution >= 0.6 is 27.7 Å². The average Bonchev–Trinajstić information content (AvgIpc) is 2.80. The van der Waals surface area contributed by atoms with Gasteiger partial charge in [0, 0.05) is 20.8 Å². The number of anilines is 1. The monoisotopic (exact) mass is 329 g/mol. The van der Waals surface area contributed by atoms with E-state index in [4.69, 9.17) is 10.8 Å². The number of rotatable bonds is 4. The fourth-order valence-electron chi connectivity index (χ4n) is 2.25. The lowest BCUT2D eigenvalue weighted by Crippen LogP contribution is -2.03. The molecule has 1 aliphatic rings. The first-order valence-electron chi connectivity index (χ1n) is 6.03. The molecule has 1 aromatic carbocycles. The zero-order chi connectivity index (χ0) is 13.1. The summed E-state index contributed by atoms with van der Waals surface area (Å²) in [6.07, 6.45) is 5.25. The van der Waals surface area contributed by atoms with Gasteiger partial charge in [-0.3, -0.25) is 0 Å². The zero-order valence-corrected chi connectivity index (χ0v) is 12.4. The number of nitrogen functional groups attached to an aromatic ring is 1. The maximum Gasteiger partial charge on any atom is 0.337 e. The molecule has 1 aromatic rings. The van der Waals surface area contributed by atoms with Gasteiger partial charge in [0.15, 0.2) is 0 Å². The molecule has 0 unspecified atom stereocenters. The predicted molar refractivity (Wildman–Crippen MR) is 78.2 cm³/mol. The molecule has 18 heavy (non-hydrogen) atoms. The Hall–Kier alpha value is -0.680. The third-order valence-corrected chi connectivity index (χ3v) is 5.49. The number of nitrogens with two attached hydrogens (primary N) is 1. The van der Waals surface area contributed by atoms with Crippen LogP contribution < -0.4 is 5.73 Å². The lowest BCUT2D eigenvalue weighted by Gasteiger charge is -2.11. The molecule has 0 spiro atoms. The van der Waals surface area contributed by atoms with Crippen LogP contribution in [0.5, 0.6) is 0 Å². The second-order valence-corrected chi connectivity index (χ2v) is 6.55. The summed E-state index contributed by atoms with van der Waals surface area (Å²) in [5, 5.41) is 9.06. The fourth-order valence-corrected chi connectivity index (χ4v) is 4.10. The van der Waals surface area contributed by atoms with Crippen molar-refractivity contribution < 1.29 is 9.90 Å². The summed E-state index contributed by atoms with van der Waals surface area (Å²) in [6.45, 7) is 0. The third-order valence-electron chi connectivity index (χ3n) is 3.28. The van der Waals surface area contributed by atoms with E-state index in [-0.39, 0.29) is 5.56 Å². The van der Waals surface area contributed by atoms with Crippen molar-refractivity contribution in [2.24, 2.45) is 5.92 Å². The Morgan fingerprint density at radius 3 is 2.72 bits per heavy atom. The van der Waals surface area contributed by atoms with Gasteiger partial charge >= 0.3 is 5.97 Å². The third kappa shape index (κ3) is 3.20. The maximum atomic E-state index is 11.0. The number of thioether (sulfide) groups is 1. The molecular formula is C13H16BrNO2S. The summed E-state index contributed by atoms with van der Waals surface area (Å²) < 4.78 is 0.882. The van der Waals surface area contributed by atoms with Crippen molar-refractivity contribution in [3.63, 3.8) is 0 Å². The first kappa shape index (κ1) is 13.7. The smallest absolute Gasteiger partial charge is 0.337 e. The van der Waals surface area contributed by atoms with Gasteiger partial charge < -0.3 is 10.8 Å². The molecule has 3 nitrogen and oxygen atoms in total. The van der Waals surface area contributed by atoms with Gasteiger partial charge in [0.1, 0.15) is 0 Å². The van der Waals surface area contributed by atoms with E-state index in [1.807, 2.05) is 0 Å². The van der Waals surface area contributed by atoms with E-state index in [1.54, 1.807) is 23.9 Å². The second-order valence-electron chi connectivity index (χ2n) is 4.64. The lowest BCUT2D eigenvalue weighted by molar-refractivity contribution is 0.0698. The Morgan fingerprint density at radius 2 is 2.11 bits per heavy atom. The number of carboxylic acid groups (broad SMARTS) is 1. The molecule has 0 saturated heterocycles. The largest absolute Gasteiger partial charge is 0.478 e. The van der Waals surface area contributed by atoms with Crippen molar-refractivity contribution in [1.82, 2.24) is 0 Å². The number of benzene rings is 1. The average molecular weight is 330 g/mol. The molecule has 0 bridgehead atoms. The Kier molecular flexibility index (Phi) is 4.56. The topological polar surface area (TPSA) is 63.3 Å².